The fraction of sp³-hybridized carbons (Fsp3) is 0.321. The Morgan fingerprint density at radius 2 is 1.85 bits per heavy atom. The number of ether oxygens (including phenoxy) is 1. The van der Waals surface area contributed by atoms with Crippen molar-refractivity contribution in [2.75, 3.05) is 24.2 Å². The van der Waals surface area contributed by atoms with Crippen molar-refractivity contribution in [1.82, 2.24) is 24.3 Å². The molecule has 3 aromatic heterocycles. The smallest absolute Gasteiger partial charge is 0.382 e. The quantitative estimate of drug-likeness (QED) is 0.361. The molecule has 0 saturated carbocycles. The molecule has 0 bridgehead atoms. The molecule has 0 spiro atoms. The Morgan fingerprint density at radius 3 is 2.54 bits per heavy atom. The molecule has 4 heterocycles. The number of nitrogens with zero attached hydrogens (tertiary/aromatic N) is 5. The van der Waals surface area contributed by atoms with E-state index < -0.39 is 23.8 Å². The Bertz CT molecular complexity index is 1600. The highest BCUT2D eigenvalue weighted by atomic mass is 19.4. The van der Waals surface area contributed by atoms with Gasteiger partial charge < -0.3 is 20.7 Å². The third-order valence-electron chi connectivity index (χ3n) is 6.86. The van der Waals surface area contributed by atoms with Crippen LogP contribution in [-0.4, -0.2) is 55.3 Å². The summed E-state index contributed by atoms with van der Waals surface area (Å²) in [5.41, 5.74) is 7.21. The lowest BCUT2D eigenvalue weighted by Gasteiger charge is -2.38. The summed E-state index contributed by atoms with van der Waals surface area (Å²) >= 11 is 0. The standard InChI is InChI=1S/C28H28F3N7O3/c1-15(2)27(40)38-13-20(41-14-16(38)3)25-36-22(23-24(32)34-10-11-37(23)25)17-4-6-18(7-5-17)26(39)35-21-12-19(8-9-33-21)28(29,30)31/h4-12,15-16,20H,13-14H2,1-3H3,(H2,32,34)(H,33,35,39). The van der Waals surface area contributed by atoms with Gasteiger partial charge in [0.2, 0.25) is 5.91 Å². The zero-order valence-electron chi connectivity index (χ0n) is 22.5. The average Bonchev–Trinajstić information content (AvgIpc) is 3.33. The largest absolute Gasteiger partial charge is 0.416 e. The zero-order valence-corrected chi connectivity index (χ0v) is 22.5. The lowest BCUT2D eigenvalue weighted by atomic mass is 10.1. The molecule has 2 atom stereocenters. The maximum atomic E-state index is 13.0. The van der Waals surface area contributed by atoms with Crippen LogP contribution in [0.2, 0.25) is 0 Å². The van der Waals surface area contributed by atoms with Crippen molar-refractivity contribution in [2.45, 2.75) is 39.1 Å². The highest BCUT2D eigenvalue weighted by molar-refractivity contribution is 6.04. The SMILES string of the molecule is CC(C)C(=O)N1CC(c2nc(-c3ccc(C(=O)Nc4cc(C(F)(F)F)ccn4)cc3)c3c(N)nccn23)OCC1C. The van der Waals surface area contributed by atoms with E-state index >= 15 is 0 Å². The number of fused-ring (bicyclic) bond motifs is 1. The highest BCUT2D eigenvalue weighted by Crippen LogP contribution is 2.34. The first-order valence-electron chi connectivity index (χ1n) is 12.9. The average molecular weight is 568 g/mol. The number of amides is 2. The lowest BCUT2D eigenvalue weighted by Crippen LogP contribution is -2.49. The summed E-state index contributed by atoms with van der Waals surface area (Å²) in [5.74, 6) is -0.192. The monoisotopic (exact) mass is 567 g/mol. The van der Waals surface area contributed by atoms with E-state index in [1.165, 1.54) is 12.1 Å². The molecule has 41 heavy (non-hydrogen) atoms. The fourth-order valence-electron chi connectivity index (χ4n) is 4.71. The fourth-order valence-corrected chi connectivity index (χ4v) is 4.71. The van der Waals surface area contributed by atoms with Gasteiger partial charge in [-0.15, -0.1) is 0 Å². The molecule has 1 aliphatic rings. The van der Waals surface area contributed by atoms with E-state index in [1.54, 1.807) is 33.8 Å². The van der Waals surface area contributed by atoms with Crippen molar-refractivity contribution >= 4 is 29.0 Å². The lowest BCUT2D eigenvalue weighted by molar-refractivity contribution is -0.148. The molecule has 13 heteroatoms. The second-order valence-electron chi connectivity index (χ2n) is 10.1. The van der Waals surface area contributed by atoms with Crippen LogP contribution in [-0.2, 0) is 15.7 Å². The van der Waals surface area contributed by atoms with Crippen LogP contribution in [0.3, 0.4) is 0 Å². The number of nitrogens with two attached hydrogens (primary N) is 1. The molecule has 2 unspecified atom stereocenters. The number of carbonyl (C=O) groups is 2. The molecular weight excluding hydrogens is 539 g/mol. The molecule has 214 valence electrons. The number of alkyl halides is 3. The number of halogens is 3. The van der Waals surface area contributed by atoms with Crippen molar-refractivity contribution in [1.29, 1.82) is 0 Å². The van der Waals surface area contributed by atoms with Gasteiger partial charge >= 0.3 is 6.18 Å². The van der Waals surface area contributed by atoms with Crippen LogP contribution in [0.15, 0.2) is 55.0 Å². The van der Waals surface area contributed by atoms with Gasteiger partial charge in [0, 0.05) is 35.6 Å². The van der Waals surface area contributed by atoms with Gasteiger partial charge in [-0.25, -0.2) is 15.0 Å². The summed E-state index contributed by atoms with van der Waals surface area (Å²) in [7, 11) is 0. The van der Waals surface area contributed by atoms with Gasteiger partial charge in [0.1, 0.15) is 34.8 Å². The van der Waals surface area contributed by atoms with E-state index in [2.05, 4.69) is 15.3 Å². The van der Waals surface area contributed by atoms with Gasteiger partial charge in [-0.05, 0) is 31.2 Å². The first-order valence-corrected chi connectivity index (χ1v) is 12.9. The molecule has 0 aliphatic carbocycles. The number of nitrogens with one attached hydrogen (secondary N) is 1. The Kier molecular flexibility index (Phi) is 7.39. The maximum Gasteiger partial charge on any atom is 0.416 e. The van der Waals surface area contributed by atoms with Gasteiger partial charge in [-0.3, -0.25) is 14.0 Å². The number of benzene rings is 1. The van der Waals surface area contributed by atoms with E-state index in [-0.39, 0.29) is 35.1 Å². The number of nitrogen functional groups attached to an aromatic ring is 1. The molecule has 0 radical (unpaired) electrons. The second kappa shape index (κ2) is 10.8. The predicted molar refractivity (Wildman–Crippen MR) is 145 cm³/mol. The topological polar surface area (TPSA) is 128 Å². The molecule has 1 fully saturated rings. The van der Waals surface area contributed by atoms with E-state index in [4.69, 9.17) is 15.5 Å². The Labute approximate surface area is 233 Å². The van der Waals surface area contributed by atoms with Crippen LogP contribution in [0.25, 0.3) is 16.8 Å². The summed E-state index contributed by atoms with van der Waals surface area (Å²) in [5, 5.41) is 2.39. The van der Waals surface area contributed by atoms with E-state index in [0.717, 1.165) is 18.3 Å². The summed E-state index contributed by atoms with van der Waals surface area (Å²) in [4.78, 5) is 40.2. The minimum Gasteiger partial charge on any atom is -0.382 e. The van der Waals surface area contributed by atoms with Gasteiger partial charge in [0.05, 0.1) is 24.8 Å². The predicted octanol–water partition coefficient (Wildman–Crippen LogP) is 4.59. The molecule has 5 rings (SSSR count). The van der Waals surface area contributed by atoms with E-state index in [1.807, 2.05) is 20.8 Å². The molecule has 1 saturated heterocycles. The number of pyridine rings is 1. The normalized spacial score (nSPS) is 17.7. The first kappa shape index (κ1) is 28.0. The molecule has 1 aliphatic heterocycles. The summed E-state index contributed by atoms with van der Waals surface area (Å²) < 4.78 is 46.9. The molecule has 2 amide bonds. The van der Waals surface area contributed by atoms with Gasteiger partial charge in [-0.2, -0.15) is 13.2 Å². The van der Waals surface area contributed by atoms with Crippen LogP contribution >= 0.6 is 0 Å². The number of carbonyl (C=O) groups excluding carboxylic acids is 2. The van der Waals surface area contributed by atoms with Crippen molar-refractivity contribution in [2.24, 2.45) is 5.92 Å². The van der Waals surface area contributed by atoms with Crippen LogP contribution < -0.4 is 11.1 Å². The molecule has 1 aromatic carbocycles. The van der Waals surface area contributed by atoms with Crippen molar-refractivity contribution in [3.05, 3.63) is 71.9 Å². The number of hydrogen-bond donors (Lipinski definition) is 2. The van der Waals surface area contributed by atoms with Crippen LogP contribution in [0.1, 0.15) is 48.6 Å². The van der Waals surface area contributed by atoms with Crippen LogP contribution in [0, 0.1) is 5.92 Å². The molecule has 3 N–H and O–H groups in total. The number of imidazole rings is 1. The summed E-state index contributed by atoms with van der Waals surface area (Å²) in [6, 6.07) is 7.88. The van der Waals surface area contributed by atoms with E-state index in [0.29, 0.717) is 35.8 Å². The number of aromatic nitrogens is 4. The molecular formula is C28H28F3N7O3. The van der Waals surface area contributed by atoms with Crippen molar-refractivity contribution < 1.29 is 27.5 Å². The van der Waals surface area contributed by atoms with Crippen LogP contribution in [0.4, 0.5) is 24.8 Å². The third kappa shape index (κ3) is 5.57. The second-order valence-corrected chi connectivity index (χ2v) is 10.1. The Hall–Kier alpha value is -4.52. The number of hydrogen-bond acceptors (Lipinski definition) is 7. The van der Waals surface area contributed by atoms with Crippen molar-refractivity contribution in [3.8, 4) is 11.3 Å². The summed E-state index contributed by atoms with van der Waals surface area (Å²) in [6.45, 7) is 6.32. The van der Waals surface area contributed by atoms with Crippen LogP contribution in [0.5, 0.6) is 0 Å². The van der Waals surface area contributed by atoms with Gasteiger partial charge in [0.15, 0.2) is 0 Å². The van der Waals surface area contributed by atoms with Gasteiger partial charge in [0.25, 0.3) is 5.91 Å². The van der Waals surface area contributed by atoms with Gasteiger partial charge in [-0.1, -0.05) is 26.0 Å². The summed E-state index contributed by atoms with van der Waals surface area (Å²) in [6.07, 6.45) is -0.819. The molecule has 4 aromatic rings. The maximum absolute atomic E-state index is 13.0. The van der Waals surface area contributed by atoms with Crippen molar-refractivity contribution in [3.63, 3.8) is 0 Å². The third-order valence-corrected chi connectivity index (χ3v) is 6.86. The number of rotatable bonds is 5. The number of anilines is 2. The Balaban J connectivity index is 1.43. The first-order chi connectivity index (χ1) is 19.4. The zero-order chi connectivity index (χ0) is 29.5. The molecule has 10 nitrogen and oxygen atoms in total. The minimum absolute atomic E-state index is 0.0299. The Morgan fingerprint density at radius 1 is 1.12 bits per heavy atom. The minimum atomic E-state index is -4.56. The van der Waals surface area contributed by atoms with E-state index in [9.17, 15) is 22.8 Å². The number of morpholine rings is 1. The highest BCUT2D eigenvalue weighted by Gasteiger charge is 2.34.